The van der Waals surface area contributed by atoms with E-state index < -0.39 is 5.97 Å². The van der Waals surface area contributed by atoms with E-state index in [1.165, 1.54) is 0 Å². The van der Waals surface area contributed by atoms with Crippen LogP contribution in [0.5, 0.6) is 0 Å². The highest BCUT2D eigenvalue weighted by atomic mass is 35.5. The first kappa shape index (κ1) is 16.8. The third-order valence-electron chi connectivity index (χ3n) is 2.03. The summed E-state index contributed by atoms with van der Waals surface area (Å²) in [5, 5.41) is 9.06. The molecule has 0 radical (unpaired) electrons. The van der Waals surface area contributed by atoms with Crippen molar-refractivity contribution in [2.24, 2.45) is 0 Å². The van der Waals surface area contributed by atoms with Gasteiger partial charge in [-0.1, -0.05) is 6.58 Å². The van der Waals surface area contributed by atoms with Gasteiger partial charge in [-0.05, 0) is 27.9 Å². The molecule has 0 spiro atoms. The Balaban J connectivity index is 0. The number of ether oxygens (including phenoxy) is 1. The molecule has 0 aromatic rings. The van der Waals surface area contributed by atoms with Crippen LogP contribution in [0.15, 0.2) is 12.2 Å². The molecule has 0 heterocycles. The maximum atomic E-state index is 11.2. The van der Waals surface area contributed by atoms with Gasteiger partial charge in [-0.2, -0.15) is 0 Å². The smallest absolute Gasteiger partial charge is 0.333 e. The van der Waals surface area contributed by atoms with E-state index in [1.54, 1.807) is 13.8 Å². The number of carbonyl (C=O) groups is 1. The lowest BCUT2D eigenvalue weighted by atomic mass is 10.2. The van der Waals surface area contributed by atoms with Gasteiger partial charge in [-0.15, -0.1) is 12.4 Å². The molecule has 90 valence electrons. The van der Waals surface area contributed by atoms with Crippen LogP contribution in [-0.4, -0.2) is 48.8 Å². The van der Waals surface area contributed by atoms with Gasteiger partial charge in [-0.3, -0.25) is 0 Å². The molecule has 4 nitrogen and oxygen atoms in total. The second-order valence-corrected chi connectivity index (χ2v) is 3.60. The molecule has 0 aromatic carbocycles. The van der Waals surface area contributed by atoms with Crippen LogP contribution in [0.3, 0.4) is 0 Å². The molecule has 1 N–H and O–H groups in total. The Hall–Kier alpha value is -0.580. The molecule has 2 unspecified atom stereocenters. The van der Waals surface area contributed by atoms with E-state index in [2.05, 4.69) is 6.58 Å². The minimum Gasteiger partial charge on any atom is -0.458 e. The second kappa shape index (κ2) is 7.68. The van der Waals surface area contributed by atoms with E-state index in [-0.39, 0.29) is 31.2 Å². The summed E-state index contributed by atoms with van der Waals surface area (Å²) in [6.45, 7) is 6.79. The molecule has 0 aliphatic carbocycles. The van der Waals surface area contributed by atoms with Crippen LogP contribution < -0.4 is 0 Å². The number of aliphatic hydroxyl groups is 1. The third-order valence-corrected chi connectivity index (χ3v) is 2.03. The average Bonchev–Trinajstić information content (AvgIpc) is 2.04. The predicted octanol–water partition coefficient (Wildman–Crippen LogP) is 0.838. The topological polar surface area (TPSA) is 49.8 Å². The van der Waals surface area contributed by atoms with Crippen LogP contribution in [0.2, 0.25) is 0 Å². The molecule has 0 rings (SSSR count). The number of hydrogen-bond donors (Lipinski definition) is 1. The lowest BCUT2D eigenvalue weighted by molar-refractivity contribution is -0.146. The number of halogens is 1. The standard InChI is InChI=1S/C10H19NO3.ClH/c1-7(2)10(13)14-8(3)9(6-12)11(4)5;/h8-9,12H,1,6H2,2-5H3;1H. The van der Waals surface area contributed by atoms with Crippen LogP contribution in [0, 0.1) is 0 Å². The molecular formula is C10H20ClNO3. The first-order valence-corrected chi connectivity index (χ1v) is 4.54. The number of carbonyl (C=O) groups excluding carboxylic acids is 1. The highest BCUT2D eigenvalue weighted by Crippen LogP contribution is 2.06. The van der Waals surface area contributed by atoms with Crippen molar-refractivity contribution >= 4 is 18.4 Å². The maximum absolute atomic E-state index is 11.2. The van der Waals surface area contributed by atoms with Gasteiger partial charge in [0.25, 0.3) is 0 Å². The zero-order valence-electron chi connectivity index (χ0n) is 9.69. The fraction of sp³-hybridized carbons (Fsp3) is 0.700. The highest BCUT2D eigenvalue weighted by Gasteiger charge is 2.22. The monoisotopic (exact) mass is 237 g/mol. The van der Waals surface area contributed by atoms with Crippen LogP contribution >= 0.6 is 12.4 Å². The lowest BCUT2D eigenvalue weighted by Crippen LogP contribution is -2.42. The predicted molar refractivity (Wildman–Crippen MR) is 62.2 cm³/mol. The summed E-state index contributed by atoms with van der Waals surface area (Å²) in [5.41, 5.74) is 0.368. The van der Waals surface area contributed by atoms with E-state index in [0.29, 0.717) is 5.57 Å². The Morgan fingerprint density at radius 1 is 1.53 bits per heavy atom. The Bertz CT molecular complexity index is 219. The fourth-order valence-electron chi connectivity index (χ4n) is 1.08. The number of rotatable bonds is 5. The van der Waals surface area contributed by atoms with Gasteiger partial charge in [0.1, 0.15) is 6.10 Å². The summed E-state index contributed by atoms with van der Waals surface area (Å²) in [7, 11) is 3.65. The molecule has 5 heteroatoms. The van der Waals surface area contributed by atoms with Gasteiger partial charge in [0, 0.05) is 5.57 Å². The van der Waals surface area contributed by atoms with E-state index in [9.17, 15) is 4.79 Å². The Morgan fingerprint density at radius 3 is 2.27 bits per heavy atom. The minimum absolute atomic E-state index is 0. The van der Waals surface area contributed by atoms with Gasteiger partial charge in [0.2, 0.25) is 0 Å². The van der Waals surface area contributed by atoms with Crippen molar-refractivity contribution in [2.45, 2.75) is 26.0 Å². The molecule has 0 aliphatic rings. The van der Waals surface area contributed by atoms with Gasteiger partial charge in [0.15, 0.2) is 0 Å². The summed E-state index contributed by atoms with van der Waals surface area (Å²) in [5.74, 6) is -0.419. The SMILES string of the molecule is C=C(C)C(=O)OC(C)C(CO)N(C)C.Cl. The van der Waals surface area contributed by atoms with Crippen LogP contribution in [0.1, 0.15) is 13.8 Å². The maximum Gasteiger partial charge on any atom is 0.333 e. The normalized spacial score (nSPS) is 14.0. The summed E-state index contributed by atoms with van der Waals surface area (Å²) < 4.78 is 5.09. The summed E-state index contributed by atoms with van der Waals surface area (Å²) >= 11 is 0. The Morgan fingerprint density at radius 2 is 2.00 bits per heavy atom. The number of likely N-dealkylation sites (N-methyl/N-ethyl adjacent to an activating group) is 1. The number of hydrogen-bond acceptors (Lipinski definition) is 4. The van der Waals surface area contributed by atoms with Crippen molar-refractivity contribution in [2.75, 3.05) is 20.7 Å². The largest absolute Gasteiger partial charge is 0.458 e. The third kappa shape index (κ3) is 5.77. The Labute approximate surface area is 97.3 Å². The van der Waals surface area contributed by atoms with E-state index in [0.717, 1.165) is 0 Å². The fourth-order valence-corrected chi connectivity index (χ4v) is 1.08. The molecular weight excluding hydrogens is 218 g/mol. The molecule has 0 saturated carbocycles. The minimum atomic E-state index is -0.419. The first-order valence-electron chi connectivity index (χ1n) is 4.54. The number of nitrogens with zero attached hydrogens (tertiary/aromatic N) is 1. The van der Waals surface area contributed by atoms with Gasteiger partial charge in [0.05, 0.1) is 12.6 Å². The number of aliphatic hydroxyl groups excluding tert-OH is 1. The summed E-state index contributed by atoms with van der Waals surface area (Å²) in [6.07, 6.45) is -0.348. The van der Waals surface area contributed by atoms with E-state index in [1.807, 2.05) is 19.0 Å². The zero-order chi connectivity index (χ0) is 11.3. The van der Waals surface area contributed by atoms with E-state index >= 15 is 0 Å². The number of esters is 1. The molecule has 0 bridgehead atoms. The second-order valence-electron chi connectivity index (χ2n) is 3.60. The van der Waals surface area contributed by atoms with Crippen molar-refractivity contribution in [3.05, 3.63) is 12.2 Å². The molecule has 0 fully saturated rings. The molecule has 0 amide bonds. The Kier molecular flexibility index (Phi) is 8.62. The molecule has 0 aromatic heterocycles. The van der Waals surface area contributed by atoms with E-state index in [4.69, 9.17) is 9.84 Å². The van der Waals surface area contributed by atoms with Gasteiger partial charge < -0.3 is 14.7 Å². The summed E-state index contributed by atoms with van der Waals surface area (Å²) in [6, 6.07) is -0.182. The first-order chi connectivity index (χ1) is 6.40. The molecule has 2 atom stereocenters. The van der Waals surface area contributed by atoms with Crippen molar-refractivity contribution in [1.29, 1.82) is 0 Å². The zero-order valence-corrected chi connectivity index (χ0v) is 10.5. The summed E-state index contributed by atoms with van der Waals surface area (Å²) in [4.78, 5) is 13.0. The highest BCUT2D eigenvalue weighted by molar-refractivity contribution is 5.87. The van der Waals surface area contributed by atoms with Crippen LogP contribution in [0.25, 0.3) is 0 Å². The molecule has 0 saturated heterocycles. The molecule has 0 aliphatic heterocycles. The van der Waals surface area contributed by atoms with Gasteiger partial charge >= 0.3 is 5.97 Å². The van der Waals surface area contributed by atoms with Crippen LogP contribution in [-0.2, 0) is 9.53 Å². The van der Waals surface area contributed by atoms with Crippen molar-refractivity contribution in [3.63, 3.8) is 0 Å². The van der Waals surface area contributed by atoms with Gasteiger partial charge in [-0.25, -0.2) is 4.79 Å². The van der Waals surface area contributed by atoms with Crippen molar-refractivity contribution in [3.8, 4) is 0 Å². The lowest BCUT2D eigenvalue weighted by Gasteiger charge is -2.27. The molecule has 15 heavy (non-hydrogen) atoms. The average molecular weight is 238 g/mol. The quantitative estimate of drug-likeness (QED) is 0.569. The van der Waals surface area contributed by atoms with Crippen molar-refractivity contribution in [1.82, 2.24) is 4.90 Å². The van der Waals surface area contributed by atoms with Crippen molar-refractivity contribution < 1.29 is 14.6 Å². The van der Waals surface area contributed by atoms with Crippen LogP contribution in [0.4, 0.5) is 0 Å².